The van der Waals surface area contributed by atoms with Gasteiger partial charge in [-0.05, 0) is 62.9 Å². The predicted octanol–water partition coefficient (Wildman–Crippen LogP) is 4.18. The molecule has 1 saturated heterocycles. The van der Waals surface area contributed by atoms with Crippen LogP contribution in [0.25, 0.3) is 17.0 Å². The fourth-order valence-electron chi connectivity index (χ4n) is 4.57. The Labute approximate surface area is 191 Å². The second-order valence-corrected chi connectivity index (χ2v) is 8.58. The molecular formula is C25H25FN6O. The van der Waals surface area contributed by atoms with Gasteiger partial charge in [0.05, 0.1) is 11.3 Å². The predicted molar refractivity (Wildman–Crippen MR) is 122 cm³/mol. The van der Waals surface area contributed by atoms with Crippen LogP contribution in [0.5, 0.6) is 0 Å². The molecule has 168 valence electrons. The number of pyridine rings is 2. The number of amides is 1. The quantitative estimate of drug-likeness (QED) is 0.472. The lowest BCUT2D eigenvalue weighted by molar-refractivity contribution is 0.0607. The number of aromatic nitrogens is 5. The van der Waals surface area contributed by atoms with Crippen molar-refractivity contribution in [3.8, 4) is 11.4 Å². The van der Waals surface area contributed by atoms with Crippen molar-refractivity contribution in [3.05, 3.63) is 77.5 Å². The van der Waals surface area contributed by atoms with E-state index in [2.05, 4.69) is 15.0 Å². The number of rotatable bonds is 4. The summed E-state index contributed by atoms with van der Waals surface area (Å²) in [7, 11) is 0. The molecule has 4 aromatic heterocycles. The van der Waals surface area contributed by atoms with Gasteiger partial charge in [-0.1, -0.05) is 0 Å². The second kappa shape index (κ2) is 8.69. The van der Waals surface area contributed by atoms with E-state index in [1.165, 1.54) is 12.3 Å². The zero-order valence-electron chi connectivity index (χ0n) is 18.7. The summed E-state index contributed by atoms with van der Waals surface area (Å²) in [5.74, 6) is 0.0798. The van der Waals surface area contributed by atoms with Crippen LogP contribution in [0.2, 0.25) is 0 Å². The Kier molecular flexibility index (Phi) is 5.58. The van der Waals surface area contributed by atoms with E-state index in [0.29, 0.717) is 30.0 Å². The van der Waals surface area contributed by atoms with Gasteiger partial charge in [0.25, 0.3) is 5.91 Å². The highest BCUT2D eigenvalue weighted by molar-refractivity contribution is 5.98. The van der Waals surface area contributed by atoms with E-state index in [-0.39, 0.29) is 17.8 Å². The lowest BCUT2D eigenvalue weighted by Crippen LogP contribution is -2.45. The summed E-state index contributed by atoms with van der Waals surface area (Å²) in [5, 5.41) is 0. The Morgan fingerprint density at radius 2 is 1.94 bits per heavy atom. The van der Waals surface area contributed by atoms with Crippen molar-refractivity contribution < 1.29 is 9.18 Å². The number of halogens is 1. The first-order chi connectivity index (χ1) is 16.0. The van der Waals surface area contributed by atoms with Gasteiger partial charge in [-0.3, -0.25) is 4.79 Å². The number of fused-ring (bicyclic) bond motifs is 1. The number of piperidine rings is 1. The van der Waals surface area contributed by atoms with Crippen LogP contribution in [0.3, 0.4) is 0 Å². The number of carbonyl (C=O) groups excluding carboxylic acids is 1. The minimum atomic E-state index is -0.292. The maximum absolute atomic E-state index is 13.8. The third kappa shape index (κ3) is 4.20. The smallest absolute Gasteiger partial charge is 0.273 e. The first kappa shape index (κ1) is 21.2. The lowest BCUT2D eigenvalue weighted by Gasteiger charge is -2.35. The van der Waals surface area contributed by atoms with E-state index < -0.39 is 0 Å². The molecule has 7 nitrogen and oxygen atoms in total. The van der Waals surface area contributed by atoms with Gasteiger partial charge in [-0.2, -0.15) is 0 Å². The monoisotopic (exact) mass is 444 g/mol. The van der Waals surface area contributed by atoms with E-state index in [9.17, 15) is 9.18 Å². The van der Waals surface area contributed by atoms with Crippen molar-refractivity contribution in [2.75, 3.05) is 6.54 Å². The maximum Gasteiger partial charge on any atom is 0.273 e. The zero-order chi connectivity index (χ0) is 22.9. The molecule has 1 aliphatic heterocycles. The van der Waals surface area contributed by atoms with E-state index in [0.717, 1.165) is 41.9 Å². The SMILES string of the molecule is Cc1ccc(-c2ncccn2)c(C(=O)N2CCCCC2Cc2cn3cc(F)cc(C)c3n2)n1. The van der Waals surface area contributed by atoms with Crippen LogP contribution in [0, 0.1) is 19.7 Å². The van der Waals surface area contributed by atoms with Crippen molar-refractivity contribution in [3.63, 3.8) is 0 Å². The van der Waals surface area contributed by atoms with Gasteiger partial charge in [0, 0.05) is 49.5 Å². The number of nitrogens with zero attached hydrogens (tertiary/aromatic N) is 6. The molecule has 5 rings (SSSR count). The number of aryl methyl sites for hydroxylation is 2. The Morgan fingerprint density at radius 3 is 2.76 bits per heavy atom. The van der Waals surface area contributed by atoms with Gasteiger partial charge >= 0.3 is 0 Å². The average Bonchev–Trinajstić information content (AvgIpc) is 3.22. The third-order valence-corrected chi connectivity index (χ3v) is 6.13. The molecule has 1 aliphatic rings. The minimum Gasteiger partial charge on any atom is -0.334 e. The maximum atomic E-state index is 13.8. The second-order valence-electron chi connectivity index (χ2n) is 8.58. The van der Waals surface area contributed by atoms with E-state index in [4.69, 9.17) is 4.98 Å². The molecule has 33 heavy (non-hydrogen) atoms. The first-order valence-electron chi connectivity index (χ1n) is 11.2. The Bertz CT molecular complexity index is 1320. The molecule has 1 fully saturated rings. The number of hydrogen-bond acceptors (Lipinski definition) is 5. The molecule has 0 spiro atoms. The van der Waals surface area contributed by atoms with Crippen LogP contribution in [0.4, 0.5) is 4.39 Å². The van der Waals surface area contributed by atoms with Crippen molar-refractivity contribution in [2.45, 2.75) is 45.6 Å². The van der Waals surface area contributed by atoms with Crippen LogP contribution in [0.1, 0.15) is 46.7 Å². The lowest BCUT2D eigenvalue weighted by atomic mass is 9.97. The average molecular weight is 445 g/mol. The first-order valence-corrected chi connectivity index (χ1v) is 11.2. The number of imidazole rings is 1. The van der Waals surface area contributed by atoms with Gasteiger partial charge in [-0.15, -0.1) is 0 Å². The Hall–Kier alpha value is -3.68. The van der Waals surface area contributed by atoms with Crippen molar-refractivity contribution in [1.82, 2.24) is 29.2 Å². The fourth-order valence-corrected chi connectivity index (χ4v) is 4.57. The molecule has 0 aromatic carbocycles. The highest BCUT2D eigenvalue weighted by Gasteiger charge is 2.31. The molecule has 8 heteroatoms. The minimum absolute atomic E-state index is 0.00632. The molecule has 0 N–H and O–H groups in total. The van der Waals surface area contributed by atoms with Crippen LogP contribution in [-0.4, -0.2) is 47.7 Å². The molecule has 0 bridgehead atoms. The Morgan fingerprint density at radius 1 is 1.12 bits per heavy atom. The van der Waals surface area contributed by atoms with Gasteiger partial charge < -0.3 is 9.30 Å². The van der Waals surface area contributed by atoms with Gasteiger partial charge in [0.1, 0.15) is 17.2 Å². The van der Waals surface area contributed by atoms with Crippen LogP contribution < -0.4 is 0 Å². The van der Waals surface area contributed by atoms with Crippen LogP contribution in [0.15, 0.2) is 49.1 Å². The van der Waals surface area contributed by atoms with Crippen LogP contribution >= 0.6 is 0 Å². The van der Waals surface area contributed by atoms with Crippen molar-refractivity contribution in [2.24, 2.45) is 0 Å². The van der Waals surface area contributed by atoms with Gasteiger partial charge in [-0.25, -0.2) is 24.3 Å². The highest BCUT2D eigenvalue weighted by Crippen LogP contribution is 2.26. The number of carbonyl (C=O) groups is 1. The summed E-state index contributed by atoms with van der Waals surface area (Å²) in [4.78, 5) is 33.6. The number of likely N-dealkylation sites (tertiary alicyclic amines) is 1. The summed E-state index contributed by atoms with van der Waals surface area (Å²) in [5.41, 5.74) is 4.15. The fraction of sp³-hybridized carbons (Fsp3) is 0.320. The Balaban J connectivity index is 1.47. The zero-order valence-corrected chi connectivity index (χ0v) is 18.7. The number of hydrogen-bond donors (Lipinski definition) is 0. The molecule has 1 amide bonds. The largest absolute Gasteiger partial charge is 0.334 e. The third-order valence-electron chi connectivity index (χ3n) is 6.13. The van der Waals surface area contributed by atoms with E-state index in [1.807, 2.05) is 37.1 Å². The summed E-state index contributed by atoms with van der Waals surface area (Å²) < 4.78 is 15.5. The van der Waals surface area contributed by atoms with Gasteiger partial charge in [0.15, 0.2) is 5.82 Å². The summed E-state index contributed by atoms with van der Waals surface area (Å²) in [6.45, 7) is 4.38. The molecule has 0 aliphatic carbocycles. The molecule has 1 atom stereocenters. The summed E-state index contributed by atoms with van der Waals surface area (Å²) in [6.07, 6.45) is 10.1. The molecule has 1 unspecified atom stereocenters. The summed E-state index contributed by atoms with van der Waals surface area (Å²) >= 11 is 0. The van der Waals surface area contributed by atoms with E-state index in [1.54, 1.807) is 22.9 Å². The molecule has 5 heterocycles. The molecule has 0 saturated carbocycles. The topological polar surface area (TPSA) is 76.3 Å². The molecular weight excluding hydrogens is 419 g/mol. The van der Waals surface area contributed by atoms with Crippen LogP contribution in [-0.2, 0) is 6.42 Å². The molecule has 4 aromatic rings. The molecule has 0 radical (unpaired) electrons. The standard InChI is InChI=1S/C25H25FN6O/c1-16-12-18(26)14-31-15-19(30-24(16)31)13-20-6-3-4-11-32(20)25(33)22-21(8-7-17(2)29-22)23-27-9-5-10-28-23/h5,7-10,12,14-15,20H,3-4,6,11,13H2,1-2H3. The van der Waals surface area contributed by atoms with Gasteiger partial charge in [0.2, 0.25) is 0 Å². The van der Waals surface area contributed by atoms with Crippen molar-refractivity contribution in [1.29, 1.82) is 0 Å². The highest BCUT2D eigenvalue weighted by atomic mass is 19.1. The van der Waals surface area contributed by atoms with E-state index >= 15 is 0 Å². The van der Waals surface area contributed by atoms with Crippen molar-refractivity contribution >= 4 is 11.6 Å². The normalized spacial score (nSPS) is 16.3. The summed E-state index contributed by atoms with van der Waals surface area (Å²) in [6, 6.07) is 6.96.